The van der Waals surface area contributed by atoms with E-state index >= 15 is 0 Å². The summed E-state index contributed by atoms with van der Waals surface area (Å²) >= 11 is 0. The fourth-order valence-electron chi connectivity index (χ4n) is 3.49. The van der Waals surface area contributed by atoms with Gasteiger partial charge in [0.15, 0.2) is 11.2 Å². The largest absolute Gasteiger partial charge is 0.387 e. The molecule has 0 spiro atoms. The van der Waals surface area contributed by atoms with Gasteiger partial charge >= 0.3 is 5.69 Å². The maximum absolute atomic E-state index is 12.9. The number of imidazole rings is 1. The first-order chi connectivity index (χ1) is 14.5. The third kappa shape index (κ3) is 3.53. The maximum Gasteiger partial charge on any atom is 0.332 e. The van der Waals surface area contributed by atoms with Gasteiger partial charge in [0.2, 0.25) is 5.95 Å². The molecule has 154 valence electrons. The Morgan fingerprint density at radius 1 is 0.967 bits per heavy atom. The van der Waals surface area contributed by atoms with E-state index in [1.165, 1.54) is 11.6 Å². The Morgan fingerprint density at radius 2 is 1.60 bits per heavy atom. The predicted octanol–water partition coefficient (Wildman–Crippen LogP) is 1.78. The average Bonchev–Trinajstić information content (AvgIpc) is 3.14. The van der Waals surface area contributed by atoms with Crippen molar-refractivity contribution in [2.75, 3.05) is 5.32 Å². The molecule has 4 aromatic rings. The van der Waals surface area contributed by atoms with Crippen LogP contribution in [0.2, 0.25) is 0 Å². The average molecular weight is 405 g/mol. The Labute approximate surface area is 172 Å². The van der Waals surface area contributed by atoms with Gasteiger partial charge < -0.3 is 15.0 Å². The van der Waals surface area contributed by atoms with Crippen molar-refractivity contribution in [3.8, 4) is 0 Å². The third-order valence-electron chi connectivity index (χ3n) is 5.18. The van der Waals surface area contributed by atoms with Gasteiger partial charge in [-0.3, -0.25) is 13.9 Å². The molecule has 0 radical (unpaired) electrons. The number of nitrogens with one attached hydrogen (secondary N) is 1. The second kappa shape index (κ2) is 8.00. The van der Waals surface area contributed by atoms with Crippen LogP contribution in [0.25, 0.3) is 11.2 Å². The maximum atomic E-state index is 12.9. The number of aryl methyl sites for hydroxylation is 1. The first-order valence-corrected chi connectivity index (χ1v) is 9.64. The summed E-state index contributed by atoms with van der Waals surface area (Å²) in [5, 5.41) is 14.0. The van der Waals surface area contributed by atoms with E-state index < -0.39 is 17.4 Å². The molecule has 0 aliphatic rings. The van der Waals surface area contributed by atoms with Crippen LogP contribution in [0.1, 0.15) is 17.2 Å². The number of fused-ring (bicyclic) bond motifs is 1. The molecular formula is C22H23N5O3. The number of rotatable bonds is 6. The van der Waals surface area contributed by atoms with Crippen LogP contribution in [0.4, 0.5) is 5.95 Å². The van der Waals surface area contributed by atoms with E-state index in [9.17, 15) is 14.7 Å². The molecule has 0 aliphatic carbocycles. The summed E-state index contributed by atoms with van der Waals surface area (Å²) in [7, 11) is 3.02. The van der Waals surface area contributed by atoms with E-state index in [4.69, 9.17) is 0 Å². The Balaban J connectivity index is 1.82. The minimum absolute atomic E-state index is 0.116. The zero-order valence-electron chi connectivity index (χ0n) is 16.8. The molecule has 2 N–H and O–H groups in total. The summed E-state index contributed by atoms with van der Waals surface area (Å²) in [5.41, 5.74) is 1.42. The first-order valence-electron chi connectivity index (χ1n) is 9.64. The lowest BCUT2D eigenvalue weighted by Gasteiger charge is -2.15. The summed E-state index contributed by atoms with van der Waals surface area (Å²) in [6.45, 7) is 0.602. The Bertz CT molecular complexity index is 1290. The van der Waals surface area contributed by atoms with Crippen LogP contribution >= 0.6 is 0 Å². The number of hydrogen-bond donors (Lipinski definition) is 2. The second-order valence-electron chi connectivity index (χ2n) is 7.19. The van der Waals surface area contributed by atoms with Gasteiger partial charge in [-0.25, -0.2) is 4.79 Å². The minimum atomic E-state index is -0.845. The van der Waals surface area contributed by atoms with Gasteiger partial charge in [0.1, 0.15) is 0 Å². The Hall–Kier alpha value is -3.65. The van der Waals surface area contributed by atoms with Gasteiger partial charge in [-0.1, -0.05) is 60.7 Å². The molecule has 0 amide bonds. The zero-order chi connectivity index (χ0) is 21.3. The molecule has 2 aromatic heterocycles. The van der Waals surface area contributed by atoms with Crippen LogP contribution in [-0.2, 0) is 27.2 Å². The Morgan fingerprint density at radius 3 is 2.27 bits per heavy atom. The van der Waals surface area contributed by atoms with Gasteiger partial charge in [0, 0.05) is 20.6 Å². The quantitative estimate of drug-likeness (QED) is 0.510. The lowest BCUT2D eigenvalue weighted by Crippen LogP contribution is -2.37. The van der Waals surface area contributed by atoms with Crippen LogP contribution in [0.5, 0.6) is 0 Å². The smallest absolute Gasteiger partial charge is 0.332 e. The first kappa shape index (κ1) is 19.7. The molecule has 0 saturated carbocycles. The molecule has 0 saturated heterocycles. The van der Waals surface area contributed by atoms with Crippen LogP contribution in [-0.4, -0.2) is 23.8 Å². The van der Waals surface area contributed by atoms with E-state index in [1.54, 1.807) is 11.6 Å². The highest BCUT2D eigenvalue weighted by molar-refractivity contribution is 5.74. The van der Waals surface area contributed by atoms with Crippen LogP contribution in [0.15, 0.2) is 70.3 Å². The fraction of sp³-hybridized carbons (Fsp3) is 0.227. The summed E-state index contributed by atoms with van der Waals surface area (Å²) in [6, 6.07) is 19.0. The molecule has 1 unspecified atom stereocenters. The highest BCUT2D eigenvalue weighted by atomic mass is 16.3. The topological polar surface area (TPSA) is 94.1 Å². The standard InChI is InChI=1S/C22H23N5O3/c1-25-19-18(20(29)26(2)22(25)30)27(14-17(28)16-11-7-4-8-12-16)21(24-19)23-13-15-9-5-3-6-10-15/h3-12,17,28H,13-14H2,1-2H3,(H,23,24). The second-order valence-corrected chi connectivity index (χ2v) is 7.19. The normalized spacial score (nSPS) is 12.2. The number of aromatic nitrogens is 4. The van der Waals surface area contributed by atoms with E-state index in [2.05, 4.69) is 10.3 Å². The van der Waals surface area contributed by atoms with E-state index in [-0.39, 0.29) is 17.7 Å². The van der Waals surface area contributed by atoms with Crippen molar-refractivity contribution in [2.45, 2.75) is 19.2 Å². The molecule has 8 nitrogen and oxygen atoms in total. The van der Waals surface area contributed by atoms with Crippen LogP contribution in [0.3, 0.4) is 0 Å². The minimum Gasteiger partial charge on any atom is -0.387 e. The summed E-state index contributed by atoms with van der Waals surface area (Å²) in [5.74, 6) is 0.419. The monoisotopic (exact) mass is 405 g/mol. The number of anilines is 1. The lowest BCUT2D eigenvalue weighted by atomic mass is 10.1. The van der Waals surface area contributed by atoms with Crippen molar-refractivity contribution in [1.82, 2.24) is 18.7 Å². The van der Waals surface area contributed by atoms with Crippen molar-refractivity contribution < 1.29 is 5.11 Å². The van der Waals surface area contributed by atoms with Crippen LogP contribution in [0, 0.1) is 0 Å². The van der Waals surface area contributed by atoms with Crippen molar-refractivity contribution in [3.63, 3.8) is 0 Å². The van der Waals surface area contributed by atoms with Gasteiger partial charge in [0.05, 0.1) is 12.6 Å². The summed E-state index contributed by atoms with van der Waals surface area (Å²) in [4.78, 5) is 29.8. The summed E-state index contributed by atoms with van der Waals surface area (Å²) in [6.07, 6.45) is -0.845. The van der Waals surface area contributed by atoms with Crippen molar-refractivity contribution in [2.24, 2.45) is 14.1 Å². The van der Waals surface area contributed by atoms with E-state index in [0.29, 0.717) is 12.5 Å². The molecule has 1 atom stereocenters. The Kier molecular flexibility index (Phi) is 5.24. The van der Waals surface area contributed by atoms with Gasteiger partial charge in [-0.2, -0.15) is 4.98 Å². The molecule has 30 heavy (non-hydrogen) atoms. The SMILES string of the molecule is Cn1c(=O)c2c(nc(NCc3ccccc3)n2CC(O)c2ccccc2)n(C)c1=O. The number of hydrogen-bond acceptors (Lipinski definition) is 5. The van der Waals surface area contributed by atoms with Crippen LogP contribution < -0.4 is 16.6 Å². The van der Waals surface area contributed by atoms with E-state index in [0.717, 1.165) is 15.7 Å². The molecule has 0 aliphatic heterocycles. The van der Waals surface area contributed by atoms with Crippen molar-refractivity contribution >= 4 is 17.1 Å². The fourth-order valence-corrected chi connectivity index (χ4v) is 3.49. The number of benzene rings is 2. The predicted molar refractivity (Wildman–Crippen MR) is 115 cm³/mol. The molecule has 8 heteroatoms. The van der Waals surface area contributed by atoms with Gasteiger partial charge in [-0.15, -0.1) is 0 Å². The molecule has 0 bridgehead atoms. The highest BCUT2D eigenvalue weighted by Crippen LogP contribution is 2.22. The van der Waals surface area contributed by atoms with Gasteiger partial charge in [0.25, 0.3) is 5.56 Å². The van der Waals surface area contributed by atoms with E-state index in [1.807, 2.05) is 60.7 Å². The molecular weight excluding hydrogens is 382 g/mol. The number of aliphatic hydroxyl groups excluding tert-OH is 1. The van der Waals surface area contributed by atoms with Crippen molar-refractivity contribution in [3.05, 3.63) is 92.6 Å². The van der Waals surface area contributed by atoms with Gasteiger partial charge in [-0.05, 0) is 11.1 Å². The zero-order valence-corrected chi connectivity index (χ0v) is 16.8. The highest BCUT2D eigenvalue weighted by Gasteiger charge is 2.21. The molecule has 4 rings (SSSR count). The number of nitrogens with zero attached hydrogens (tertiary/aromatic N) is 4. The number of aliphatic hydroxyl groups is 1. The third-order valence-corrected chi connectivity index (χ3v) is 5.18. The summed E-state index contributed by atoms with van der Waals surface area (Å²) < 4.78 is 4.05. The molecule has 2 aromatic carbocycles. The molecule has 0 fully saturated rings. The lowest BCUT2D eigenvalue weighted by molar-refractivity contribution is 0.158. The van der Waals surface area contributed by atoms with Crippen molar-refractivity contribution in [1.29, 1.82) is 0 Å². The molecule has 2 heterocycles.